The number of sulfonamides is 1. The van der Waals surface area contributed by atoms with E-state index in [2.05, 4.69) is 15.6 Å². The van der Waals surface area contributed by atoms with Crippen molar-refractivity contribution in [2.75, 3.05) is 6.61 Å². The molecule has 0 saturated heterocycles. The Labute approximate surface area is 163 Å². The second-order valence-corrected chi connectivity index (χ2v) is 8.45. The van der Waals surface area contributed by atoms with E-state index in [-0.39, 0.29) is 5.76 Å². The average Bonchev–Trinajstić information content (AvgIpc) is 3.09. The predicted molar refractivity (Wildman–Crippen MR) is 101 cm³/mol. The fourth-order valence-corrected chi connectivity index (χ4v) is 3.51. The molecule has 0 atom stereocenters. The van der Waals surface area contributed by atoms with Gasteiger partial charge in [-0.15, -0.1) is 0 Å². The van der Waals surface area contributed by atoms with Gasteiger partial charge in [-0.3, -0.25) is 20.4 Å². The fraction of sp³-hybridized carbons (Fsp3) is 0.333. The molecule has 1 heterocycles. The number of ether oxygens (including phenoxy) is 1. The van der Waals surface area contributed by atoms with Gasteiger partial charge in [-0.25, -0.2) is 13.1 Å². The van der Waals surface area contributed by atoms with Crippen molar-refractivity contribution in [2.45, 2.75) is 38.3 Å². The molecule has 3 N–H and O–H groups in total. The summed E-state index contributed by atoms with van der Waals surface area (Å²) < 4.78 is 37.2. The van der Waals surface area contributed by atoms with Gasteiger partial charge in [0.2, 0.25) is 5.09 Å². The van der Waals surface area contributed by atoms with Gasteiger partial charge < -0.3 is 9.15 Å². The lowest BCUT2D eigenvalue weighted by atomic mass is 10.1. The molecule has 152 valence electrons. The van der Waals surface area contributed by atoms with E-state index in [0.717, 1.165) is 6.07 Å². The SMILES string of the molecule is CCOc1ccc(C(=O)NNC(=O)c2ccc(S(=O)(=O)NC(C)(C)C)o2)cc1. The number of carbonyl (C=O) groups excluding carboxylic acids is 2. The van der Waals surface area contributed by atoms with E-state index in [4.69, 9.17) is 9.15 Å². The summed E-state index contributed by atoms with van der Waals surface area (Å²) >= 11 is 0. The minimum Gasteiger partial charge on any atom is -0.494 e. The molecule has 10 heteroatoms. The highest BCUT2D eigenvalue weighted by Gasteiger charge is 2.26. The molecule has 0 aliphatic carbocycles. The normalized spacial score (nSPS) is 11.7. The number of nitrogens with one attached hydrogen (secondary N) is 3. The Kier molecular flexibility index (Phi) is 6.47. The van der Waals surface area contributed by atoms with E-state index >= 15 is 0 Å². The third kappa shape index (κ3) is 5.83. The number of rotatable bonds is 6. The Bertz CT molecular complexity index is 942. The lowest BCUT2D eigenvalue weighted by Crippen LogP contribution is -2.41. The van der Waals surface area contributed by atoms with Crippen LogP contribution in [0.3, 0.4) is 0 Å². The summed E-state index contributed by atoms with van der Waals surface area (Å²) in [4.78, 5) is 24.2. The molecule has 1 aromatic carbocycles. The van der Waals surface area contributed by atoms with Gasteiger partial charge in [0.25, 0.3) is 15.9 Å². The molecule has 0 fully saturated rings. The van der Waals surface area contributed by atoms with E-state index in [9.17, 15) is 18.0 Å². The van der Waals surface area contributed by atoms with Crippen LogP contribution in [0.1, 0.15) is 48.6 Å². The summed E-state index contributed by atoms with van der Waals surface area (Å²) in [6.07, 6.45) is 0. The molecule has 0 radical (unpaired) electrons. The molecule has 0 bridgehead atoms. The summed E-state index contributed by atoms with van der Waals surface area (Å²) in [7, 11) is -3.91. The van der Waals surface area contributed by atoms with E-state index in [0.29, 0.717) is 17.9 Å². The second kappa shape index (κ2) is 8.44. The number of furan rings is 1. The standard InChI is InChI=1S/C18H23N3O6S/c1-5-26-13-8-6-12(7-9-13)16(22)19-20-17(23)14-10-11-15(27-14)28(24,25)21-18(2,3)4/h6-11,21H,5H2,1-4H3,(H,19,22)(H,20,23). The van der Waals surface area contributed by atoms with E-state index in [1.807, 2.05) is 6.92 Å². The zero-order valence-electron chi connectivity index (χ0n) is 16.0. The monoisotopic (exact) mass is 409 g/mol. The van der Waals surface area contributed by atoms with Gasteiger partial charge in [-0.1, -0.05) is 0 Å². The number of amides is 2. The summed E-state index contributed by atoms with van der Waals surface area (Å²) in [6, 6.07) is 8.72. The summed E-state index contributed by atoms with van der Waals surface area (Å²) in [5.74, 6) is -0.987. The highest BCUT2D eigenvalue weighted by molar-refractivity contribution is 7.89. The second-order valence-electron chi connectivity index (χ2n) is 6.84. The van der Waals surface area contributed by atoms with Crippen LogP contribution in [-0.4, -0.2) is 32.4 Å². The zero-order chi connectivity index (χ0) is 20.9. The lowest BCUT2D eigenvalue weighted by Gasteiger charge is -2.18. The number of hydrogen-bond acceptors (Lipinski definition) is 6. The van der Waals surface area contributed by atoms with Crippen LogP contribution >= 0.6 is 0 Å². The smallest absolute Gasteiger partial charge is 0.305 e. The molecule has 0 saturated carbocycles. The number of carbonyl (C=O) groups is 2. The van der Waals surface area contributed by atoms with Gasteiger partial charge in [0, 0.05) is 11.1 Å². The summed E-state index contributed by atoms with van der Waals surface area (Å²) in [6.45, 7) is 7.39. The third-order valence-electron chi connectivity index (χ3n) is 3.23. The van der Waals surface area contributed by atoms with Gasteiger partial charge in [0.1, 0.15) is 5.75 Å². The highest BCUT2D eigenvalue weighted by atomic mass is 32.2. The van der Waals surface area contributed by atoms with Crippen LogP contribution in [0.5, 0.6) is 5.75 Å². The predicted octanol–water partition coefficient (Wildman–Crippen LogP) is 1.83. The Morgan fingerprint density at radius 3 is 2.18 bits per heavy atom. The van der Waals surface area contributed by atoms with Crippen LogP contribution in [0.25, 0.3) is 0 Å². The molecular formula is C18H23N3O6S. The first kappa shape index (κ1) is 21.5. The maximum absolute atomic E-state index is 12.2. The molecule has 0 unspecified atom stereocenters. The van der Waals surface area contributed by atoms with Crippen LogP contribution in [0.2, 0.25) is 0 Å². The van der Waals surface area contributed by atoms with Crippen molar-refractivity contribution in [3.05, 3.63) is 47.7 Å². The van der Waals surface area contributed by atoms with Gasteiger partial charge in [0.05, 0.1) is 6.61 Å². The minimum atomic E-state index is -3.91. The molecule has 0 aliphatic heterocycles. The van der Waals surface area contributed by atoms with Crippen LogP contribution in [0, 0.1) is 0 Å². The van der Waals surface area contributed by atoms with Crippen LogP contribution in [-0.2, 0) is 10.0 Å². The van der Waals surface area contributed by atoms with Gasteiger partial charge in [0.15, 0.2) is 5.76 Å². The molecule has 1 aromatic heterocycles. The molecule has 28 heavy (non-hydrogen) atoms. The largest absolute Gasteiger partial charge is 0.494 e. The summed E-state index contributed by atoms with van der Waals surface area (Å²) in [5, 5.41) is -0.398. The Morgan fingerprint density at radius 1 is 1.00 bits per heavy atom. The van der Waals surface area contributed by atoms with Gasteiger partial charge in [-0.2, -0.15) is 0 Å². The van der Waals surface area contributed by atoms with Crippen molar-refractivity contribution in [3.63, 3.8) is 0 Å². The zero-order valence-corrected chi connectivity index (χ0v) is 16.8. The molecule has 2 rings (SSSR count). The van der Waals surface area contributed by atoms with E-state index in [1.54, 1.807) is 45.0 Å². The third-order valence-corrected chi connectivity index (χ3v) is 4.86. The van der Waals surface area contributed by atoms with E-state index in [1.165, 1.54) is 6.07 Å². The lowest BCUT2D eigenvalue weighted by molar-refractivity contribution is 0.0827. The van der Waals surface area contributed by atoms with Crippen molar-refractivity contribution < 1.29 is 27.2 Å². The molecule has 0 aliphatic rings. The number of benzene rings is 1. The average molecular weight is 409 g/mol. The first-order valence-electron chi connectivity index (χ1n) is 8.49. The topological polar surface area (TPSA) is 127 Å². The van der Waals surface area contributed by atoms with Crippen LogP contribution in [0.4, 0.5) is 0 Å². The van der Waals surface area contributed by atoms with Crippen molar-refractivity contribution in [1.82, 2.24) is 15.6 Å². The van der Waals surface area contributed by atoms with Crippen molar-refractivity contribution in [2.24, 2.45) is 0 Å². The Balaban J connectivity index is 1.98. The van der Waals surface area contributed by atoms with Gasteiger partial charge >= 0.3 is 5.91 Å². The van der Waals surface area contributed by atoms with E-state index < -0.39 is 32.5 Å². The van der Waals surface area contributed by atoms with Crippen molar-refractivity contribution >= 4 is 21.8 Å². The Hall–Kier alpha value is -2.85. The quantitative estimate of drug-likeness (QED) is 0.625. The van der Waals surface area contributed by atoms with Crippen LogP contribution in [0.15, 0.2) is 45.9 Å². The first-order chi connectivity index (χ1) is 13.0. The summed E-state index contributed by atoms with van der Waals surface area (Å²) in [5.41, 5.74) is 4.00. The molecule has 2 aromatic rings. The van der Waals surface area contributed by atoms with Crippen molar-refractivity contribution in [3.8, 4) is 5.75 Å². The molecule has 2 amide bonds. The van der Waals surface area contributed by atoms with Crippen LogP contribution < -0.4 is 20.3 Å². The maximum Gasteiger partial charge on any atom is 0.305 e. The molecular weight excluding hydrogens is 386 g/mol. The maximum atomic E-state index is 12.2. The van der Waals surface area contributed by atoms with Crippen molar-refractivity contribution in [1.29, 1.82) is 0 Å². The minimum absolute atomic E-state index is 0.263. The first-order valence-corrected chi connectivity index (χ1v) is 9.97. The number of hydrogen-bond donors (Lipinski definition) is 3. The fourth-order valence-electron chi connectivity index (χ4n) is 2.16. The Morgan fingerprint density at radius 2 is 1.61 bits per heavy atom. The number of hydrazine groups is 1. The molecule has 0 spiro atoms. The van der Waals surface area contributed by atoms with Gasteiger partial charge in [-0.05, 0) is 64.1 Å². The molecule has 9 nitrogen and oxygen atoms in total. The highest BCUT2D eigenvalue weighted by Crippen LogP contribution is 2.16.